The molecule has 0 aliphatic rings. The predicted molar refractivity (Wildman–Crippen MR) is 64.4 cm³/mol. The van der Waals surface area contributed by atoms with Crippen LogP contribution in [-0.2, 0) is 0 Å². The minimum Gasteiger partial charge on any atom is -0.464 e. The average molecular weight is 231 g/mol. The Bertz CT molecular complexity index is 507. The first kappa shape index (κ1) is 11.2. The molecule has 1 amide bonds. The zero-order valence-electron chi connectivity index (χ0n) is 9.45. The summed E-state index contributed by atoms with van der Waals surface area (Å²) in [5.41, 5.74) is 1.72. The second-order valence-electron chi connectivity index (χ2n) is 3.49. The van der Waals surface area contributed by atoms with Gasteiger partial charge in [-0.15, -0.1) is 0 Å². The molecule has 1 aromatic heterocycles. The van der Waals surface area contributed by atoms with E-state index in [1.807, 2.05) is 30.3 Å². The van der Waals surface area contributed by atoms with Crippen molar-refractivity contribution in [2.24, 2.45) is 0 Å². The maximum absolute atomic E-state index is 10.9. The monoisotopic (exact) mass is 231 g/mol. The molecule has 1 aromatic carbocycles. The summed E-state index contributed by atoms with van der Waals surface area (Å²) in [6.45, 7) is 2.11. The van der Waals surface area contributed by atoms with Gasteiger partial charge < -0.3 is 5.11 Å². The minimum atomic E-state index is -1.02. The molecule has 0 bridgehead atoms. The van der Waals surface area contributed by atoms with Gasteiger partial charge in [0.25, 0.3) is 0 Å². The van der Waals surface area contributed by atoms with Gasteiger partial charge >= 0.3 is 6.09 Å². The molecular formula is C12H13N3O2. The van der Waals surface area contributed by atoms with E-state index in [2.05, 4.69) is 5.10 Å². The lowest BCUT2D eigenvalue weighted by Crippen LogP contribution is -2.39. The molecule has 0 spiro atoms. The van der Waals surface area contributed by atoms with Crippen LogP contribution in [0.2, 0.25) is 0 Å². The van der Waals surface area contributed by atoms with Crippen LogP contribution >= 0.6 is 0 Å². The predicted octanol–water partition coefficient (Wildman–Crippen LogP) is 2.19. The Hall–Kier alpha value is -2.30. The minimum absolute atomic E-state index is 0.352. The normalized spacial score (nSPS) is 10.2. The van der Waals surface area contributed by atoms with Crippen LogP contribution in [0.4, 0.5) is 4.79 Å². The lowest BCUT2D eigenvalue weighted by atomic mass is 10.2. The van der Waals surface area contributed by atoms with E-state index in [4.69, 9.17) is 5.11 Å². The molecule has 2 rings (SSSR count). The second-order valence-corrected chi connectivity index (χ2v) is 3.49. The van der Waals surface area contributed by atoms with Crippen LogP contribution in [0, 0.1) is 0 Å². The maximum Gasteiger partial charge on any atom is 0.427 e. The third-order valence-corrected chi connectivity index (χ3v) is 2.41. The van der Waals surface area contributed by atoms with Crippen molar-refractivity contribution < 1.29 is 9.90 Å². The Morgan fingerprint density at radius 1 is 1.35 bits per heavy atom. The average Bonchev–Trinajstić information content (AvgIpc) is 2.80. The Morgan fingerprint density at radius 2 is 2.06 bits per heavy atom. The van der Waals surface area contributed by atoms with Crippen LogP contribution in [0.5, 0.6) is 0 Å². The van der Waals surface area contributed by atoms with Crippen LogP contribution in [0.3, 0.4) is 0 Å². The zero-order valence-corrected chi connectivity index (χ0v) is 9.45. The highest BCUT2D eigenvalue weighted by Gasteiger charge is 2.12. The third-order valence-electron chi connectivity index (χ3n) is 2.41. The molecule has 1 N–H and O–H groups in total. The molecule has 0 atom stereocenters. The van der Waals surface area contributed by atoms with Gasteiger partial charge in [-0.3, -0.25) is 0 Å². The van der Waals surface area contributed by atoms with E-state index >= 15 is 0 Å². The molecule has 0 fully saturated rings. The molecule has 5 nitrogen and oxygen atoms in total. The van der Waals surface area contributed by atoms with Gasteiger partial charge in [0, 0.05) is 18.3 Å². The summed E-state index contributed by atoms with van der Waals surface area (Å²) in [5, 5.41) is 14.3. The highest BCUT2D eigenvalue weighted by molar-refractivity contribution is 5.76. The summed E-state index contributed by atoms with van der Waals surface area (Å²) in [4.78, 5) is 12.3. The van der Waals surface area contributed by atoms with Crippen molar-refractivity contribution >= 4 is 6.09 Å². The Morgan fingerprint density at radius 3 is 2.65 bits per heavy atom. The first-order valence-corrected chi connectivity index (χ1v) is 5.34. The van der Waals surface area contributed by atoms with Gasteiger partial charge in [0.2, 0.25) is 0 Å². The van der Waals surface area contributed by atoms with Gasteiger partial charge in [-0.05, 0) is 13.0 Å². The number of hydrogen-bond acceptors (Lipinski definition) is 2. The van der Waals surface area contributed by atoms with Gasteiger partial charge in [-0.1, -0.05) is 30.3 Å². The van der Waals surface area contributed by atoms with Gasteiger partial charge in [-0.25, -0.2) is 4.79 Å². The lowest BCUT2D eigenvalue weighted by Gasteiger charge is -2.15. The molecule has 5 heteroatoms. The molecule has 88 valence electrons. The van der Waals surface area contributed by atoms with Crippen LogP contribution in [0.15, 0.2) is 42.6 Å². The van der Waals surface area contributed by atoms with E-state index in [0.29, 0.717) is 6.54 Å². The Kier molecular flexibility index (Phi) is 3.09. The van der Waals surface area contributed by atoms with Crippen molar-refractivity contribution in [2.75, 3.05) is 11.6 Å². The highest BCUT2D eigenvalue weighted by Crippen LogP contribution is 2.15. The summed E-state index contributed by atoms with van der Waals surface area (Å²) < 4.78 is 0. The molecule has 0 saturated carbocycles. The van der Waals surface area contributed by atoms with Gasteiger partial charge in [0.1, 0.15) is 0 Å². The van der Waals surface area contributed by atoms with Crippen molar-refractivity contribution in [3.05, 3.63) is 42.6 Å². The van der Waals surface area contributed by atoms with E-state index in [-0.39, 0.29) is 0 Å². The zero-order chi connectivity index (χ0) is 12.3. The van der Waals surface area contributed by atoms with Crippen molar-refractivity contribution in [1.82, 2.24) is 9.89 Å². The summed E-state index contributed by atoms with van der Waals surface area (Å²) >= 11 is 0. The molecule has 0 radical (unpaired) electrons. The topological polar surface area (TPSA) is 58.4 Å². The quantitative estimate of drug-likeness (QED) is 0.880. The Labute approximate surface area is 98.9 Å². The van der Waals surface area contributed by atoms with E-state index in [9.17, 15) is 4.79 Å². The third kappa shape index (κ3) is 2.28. The molecule has 2 aromatic rings. The van der Waals surface area contributed by atoms with Gasteiger partial charge in [0.05, 0.1) is 5.69 Å². The first-order chi connectivity index (χ1) is 8.22. The fourth-order valence-corrected chi connectivity index (χ4v) is 1.58. The highest BCUT2D eigenvalue weighted by atomic mass is 16.4. The van der Waals surface area contributed by atoms with Crippen LogP contribution in [0.25, 0.3) is 11.3 Å². The number of carboxylic acid groups (broad SMARTS) is 1. The van der Waals surface area contributed by atoms with Gasteiger partial charge in [0.15, 0.2) is 0 Å². The Balaban J connectivity index is 2.30. The van der Waals surface area contributed by atoms with Crippen LogP contribution in [0.1, 0.15) is 6.92 Å². The molecule has 0 aliphatic carbocycles. The van der Waals surface area contributed by atoms with E-state index in [1.54, 1.807) is 19.2 Å². The van der Waals surface area contributed by atoms with E-state index < -0.39 is 6.09 Å². The molecule has 0 saturated heterocycles. The molecule has 0 aliphatic heterocycles. The number of rotatable bonds is 3. The summed E-state index contributed by atoms with van der Waals surface area (Å²) in [5.74, 6) is 0. The lowest BCUT2D eigenvalue weighted by molar-refractivity contribution is 0.193. The number of nitrogens with zero attached hydrogens (tertiary/aromatic N) is 3. The fraction of sp³-hybridized carbons (Fsp3) is 0.167. The number of hydrogen-bond donors (Lipinski definition) is 1. The smallest absolute Gasteiger partial charge is 0.427 e. The maximum atomic E-state index is 10.9. The summed E-state index contributed by atoms with van der Waals surface area (Å²) in [6, 6.07) is 11.4. The van der Waals surface area contributed by atoms with Crippen molar-refractivity contribution in [1.29, 1.82) is 0 Å². The van der Waals surface area contributed by atoms with Crippen molar-refractivity contribution in [2.45, 2.75) is 6.92 Å². The molecule has 17 heavy (non-hydrogen) atoms. The summed E-state index contributed by atoms with van der Waals surface area (Å²) in [6.07, 6.45) is 0.621. The molecule has 1 heterocycles. The van der Waals surface area contributed by atoms with E-state index in [0.717, 1.165) is 16.3 Å². The van der Waals surface area contributed by atoms with E-state index in [1.165, 1.54) is 4.79 Å². The largest absolute Gasteiger partial charge is 0.464 e. The van der Waals surface area contributed by atoms with Crippen molar-refractivity contribution in [3.8, 4) is 11.3 Å². The molecule has 0 unspecified atom stereocenters. The first-order valence-electron chi connectivity index (χ1n) is 5.34. The fourth-order valence-electron chi connectivity index (χ4n) is 1.58. The number of carbonyl (C=O) groups is 1. The van der Waals surface area contributed by atoms with Gasteiger partial charge in [-0.2, -0.15) is 14.9 Å². The number of benzene rings is 1. The number of aromatic nitrogens is 2. The SMILES string of the molecule is CCN(C(=O)O)n1ccc(-c2ccccc2)n1. The van der Waals surface area contributed by atoms with Crippen molar-refractivity contribution in [3.63, 3.8) is 0 Å². The molecular weight excluding hydrogens is 218 g/mol. The van der Waals surface area contributed by atoms with Crippen LogP contribution in [-0.4, -0.2) is 27.6 Å². The van der Waals surface area contributed by atoms with Crippen LogP contribution < -0.4 is 5.01 Å². The number of amides is 1. The second kappa shape index (κ2) is 4.69. The standard InChI is InChI=1S/C12H13N3O2/c1-2-14(12(16)17)15-9-8-11(13-15)10-6-4-3-5-7-10/h3-9H,2H2,1H3,(H,16,17). The summed E-state index contributed by atoms with van der Waals surface area (Å²) in [7, 11) is 0.